The smallest absolute Gasteiger partial charge is 0.257 e. The van der Waals surface area contributed by atoms with Gasteiger partial charge >= 0.3 is 0 Å². The van der Waals surface area contributed by atoms with Crippen LogP contribution in [-0.4, -0.2) is 34.2 Å². The number of aromatic amines is 1. The van der Waals surface area contributed by atoms with Crippen molar-refractivity contribution in [3.63, 3.8) is 0 Å². The fourth-order valence-electron chi connectivity index (χ4n) is 1.74. The minimum atomic E-state index is -3.60. The standard InChI is InChI=1S/C12H19N5O2S/c1-12(2,3)10(8-17-7-6-13-9-17)16-20(18,19)11-4-5-14-15-11/h4-7,9-10,16H,8H2,1-3H3,(H,14,15). The zero-order chi connectivity index (χ0) is 14.8. The van der Waals surface area contributed by atoms with Gasteiger partial charge in [-0.25, -0.2) is 18.1 Å². The van der Waals surface area contributed by atoms with E-state index in [1.165, 1.54) is 12.3 Å². The van der Waals surface area contributed by atoms with Crippen LogP contribution in [0.4, 0.5) is 0 Å². The van der Waals surface area contributed by atoms with E-state index < -0.39 is 10.0 Å². The zero-order valence-corrected chi connectivity index (χ0v) is 12.6. The summed E-state index contributed by atoms with van der Waals surface area (Å²) in [7, 11) is -3.60. The minimum Gasteiger partial charge on any atom is -0.336 e. The molecule has 0 radical (unpaired) electrons. The van der Waals surface area contributed by atoms with Crippen LogP contribution in [0.2, 0.25) is 0 Å². The van der Waals surface area contributed by atoms with E-state index in [0.29, 0.717) is 6.54 Å². The molecule has 2 N–H and O–H groups in total. The number of aromatic nitrogens is 4. The first-order chi connectivity index (χ1) is 9.29. The third-order valence-electron chi connectivity index (χ3n) is 3.06. The Bertz CT molecular complexity index is 626. The van der Waals surface area contributed by atoms with Crippen molar-refractivity contribution in [1.82, 2.24) is 24.5 Å². The number of sulfonamides is 1. The molecule has 0 aliphatic rings. The number of imidazole rings is 1. The van der Waals surface area contributed by atoms with Gasteiger partial charge in [-0.1, -0.05) is 20.8 Å². The maximum Gasteiger partial charge on any atom is 0.257 e. The lowest BCUT2D eigenvalue weighted by atomic mass is 9.87. The molecule has 0 bridgehead atoms. The highest BCUT2D eigenvalue weighted by atomic mass is 32.2. The molecule has 0 aliphatic heterocycles. The Kier molecular flexibility index (Phi) is 3.96. The van der Waals surface area contributed by atoms with Gasteiger partial charge in [0.1, 0.15) is 0 Å². The van der Waals surface area contributed by atoms with E-state index in [2.05, 4.69) is 19.9 Å². The molecule has 8 heteroatoms. The van der Waals surface area contributed by atoms with Crippen LogP contribution in [0.5, 0.6) is 0 Å². The van der Waals surface area contributed by atoms with Gasteiger partial charge in [0, 0.05) is 25.0 Å². The fraction of sp³-hybridized carbons (Fsp3) is 0.500. The lowest BCUT2D eigenvalue weighted by molar-refractivity contribution is 0.270. The van der Waals surface area contributed by atoms with Crippen LogP contribution in [0.3, 0.4) is 0 Å². The number of H-pyrrole nitrogens is 1. The Hall–Kier alpha value is -1.67. The number of nitrogens with one attached hydrogen (secondary N) is 2. The molecule has 2 aromatic rings. The van der Waals surface area contributed by atoms with Crippen LogP contribution < -0.4 is 4.72 Å². The molecule has 0 saturated carbocycles. The second kappa shape index (κ2) is 5.37. The number of hydrogen-bond acceptors (Lipinski definition) is 4. The Labute approximate surface area is 118 Å². The Morgan fingerprint density at radius 1 is 1.40 bits per heavy atom. The third-order valence-corrected chi connectivity index (χ3v) is 4.46. The van der Waals surface area contributed by atoms with Crippen LogP contribution in [0.25, 0.3) is 0 Å². The molecule has 0 amide bonds. The fourth-order valence-corrected chi connectivity index (χ4v) is 3.08. The zero-order valence-electron chi connectivity index (χ0n) is 11.7. The predicted octanol–water partition coefficient (Wildman–Crippen LogP) is 0.999. The Balaban J connectivity index is 2.21. The molecule has 0 fully saturated rings. The summed E-state index contributed by atoms with van der Waals surface area (Å²) < 4.78 is 29.1. The van der Waals surface area contributed by atoms with Crippen molar-refractivity contribution in [3.05, 3.63) is 31.0 Å². The van der Waals surface area contributed by atoms with Gasteiger partial charge < -0.3 is 4.57 Å². The summed E-state index contributed by atoms with van der Waals surface area (Å²) in [5.41, 5.74) is -0.239. The van der Waals surface area contributed by atoms with Crippen molar-refractivity contribution in [1.29, 1.82) is 0 Å². The van der Waals surface area contributed by atoms with Crippen molar-refractivity contribution in [2.45, 2.75) is 38.4 Å². The quantitative estimate of drug-likeness (QED) is 0.861. The summed E-state index contributed by atoms with van der Waals surface area (Å²) in [6.07, 6.45) is 6.56. The molecule has 0 saturated heterocycles. The van der Waals surface area contributed by atoms with E-state index in [9.17, 15) is 8.42 Å². The molecule has 2 aromatic heterocycles. The number of hydrogen-bond donors (Lipinski definition) is 2. The minimum absolute atomic E-state index is 0.0670. The van der Waals surface area contributed by atoms with Gasteiger partial charge in [0.05, 0.1) is 12.5 Å². The van der Waals surface area contributed by atoms with Crippen LogP contribution in [0, 0.1) is 5.41 Å². The lowest BCUT2D eigenvalue weighted by Gasteiger charge is -2.31. The van der Waals surface area contributed by atoms with Gasteiger partial charge in [-0.15, -0.1) is 0 Å². The number of rotatable bonds is 5. The van der Waals surface area contributed by atoms with Crippen LogP contribution in [0.1, 0.15) is 20.8 Å². The Morgan fingerprint density at radius 3 is 2.65 bits per heavy atom. The molecule has 2 heterocycles. The molecule has 7 nitrogen and oxygen atoms in total. The maximum atomic E-state index is 12.3. The largest absolute Gasteiger partial charge is 0.336 e. The number of nitrogens with zero attached hydrogens (tertiary/aromatic N) is 3. The highest BCUT2D eigenvalue weighted by Gasteiger charge is 2.30. The summed E-state index contributed by atoms with van der Waals surface area (Å²) >= 11 is 0. The van der Waals surface area contributed by atoms with E-state index in [1.54, 1.807) is 12.5 Å². The highest BCUT2D eigenvalue weighted by molar-refractivity contribution is 7.89. The van der Waals surface area contributed by atoms with E-state index >= 15 is 0 Å². The second-order valence-electron chi connectivity index (χ2n) is 5.72. The van der Waals surface area contributed by atoms with Crippen LogP contribution >= 0.6 is 0 Å². The van der Waals surface area contributed by atoms with Crippen LogP contribution in [-0.2, 0) is 16.6 Å². The first-order valence-corrected chi connectivity index (χ1v) is 7.75. The third kappa shape index (κ3) is 3.45. The normalized spacial score (nSPS) is 14.3. The van der Waals surface area contributed by atoms with Crippen molar-refractivity contribution < 1.29 is 8.42 Å². The first-order valence-electron chi connectivity index (χ1n) is 6.26. The molecule has 0 aliphatic carbocycles. The predicted molar refractivity (Wildman–Crippen MR) is 74.4 cm³/mol. The topological polar surface area (TPSA) is 92.7 Å². The molecule has 20 heavy (non-hydrogen) atoms. The summed E-state index contributed by atoms with van der Waals surface area (Å²) in [5, 5.41) is 6.21. The Morgan fingerprint density at radius 2 is 2.15 bits per heavy atom. The van der Waals surface area contributed by atoms with Crippen molar-refractivity contribution in [2.24, 2.45) is 5.41 Å². The summed E-state index contributed by atoms with van der Waals surface area (Å²) in [4.78, 5) is 3.97. The molecular formula is C12H19N5O2S. The van der Waals surface area contributed by atoms with E-state index in [4.69, 9.17) is 0 Å². The molecule has 110 valence electrons. The van der Waals surface area contributed by atoms with Gasteiger partial charge in [0.2, 0.25) is 0 Å². The average molecular weight is 297 g/mol. The monoisotopic (exact) mass is 297 g/mol. The molecule has 1 unspecified atom stereocenters. The summed E-state index contributed by atoms with van der Waals surface area (Å²) in [6, 6.07) is 1.16. The molecule has 0 spiro atoms. The van der Waals surface area contributed by atoms with E-state index in [0.717, 1.165) is 0 Å². The van der Waals surface area contributed by atoms with Crippen molar-refractivity contribution in [2.75, 3.05) is 0 Å². The van der Waals surface area contributed by atoms with E-state index in [-0.39, 0.29) is 16.5 Å². The molecule has 1 atom stereocenters. The highest BCUT2D eigenvalue weighted by Crippen LogP contribution is 2.22. The van der Waals surface area contributed by atoms with E-state index in [1.807, 2.05) is 31.5 Å². The second-order valence-corrected chi connectivity index (χ2v) is 7.40. The average Bonchev–Trinajstić information content (AvgIpc) is 2.99. The van der Waals surface area contributed by atoms with Gasteiger partial charge in [0.25, 0.3) is 10.0 Å². The summed E-state index contributed by atoms with van der Waals surface area (Å²) in [5.74, 6) is 0. The van der Waals surface area contributed by atoms with Crippen LogP contribution in [0.15, 0.2) is 36.0 Å². The van der Waals surface area contributed by atoms with Crippen molar-refractivity contribution >= 4 is 10.0 Å². The molecular weight excluding hydrogens is 278 g/mol. The van der Waals surface area contributed by atoms with Crippen molar-refractivity contribution in [3.8, 4) is 0 Å². The first kappa shape index (κ1) is 14.7. The van der Waals surface area contributed by atoms with Gasteiger partial charge in [-0.2, -0.15) is 5.10 Å². The molecule has 2 rings (SSSR count). The maximum absolute atomic E-state index is 12.3. The van der Waals surface area contributed by atoms with Gasteiger partial charge in [-0.3, -0.25) is 5.10 Å². The van der Waals surface area contributed by atoms with Gasteiger partial charge in [0.15, 0.2) is 5.03 Å². The SMILES string of the molecule is CC(C)(C)C(Cn1ccnc1)NS(=O)(=O)c1ccn[nH]1. The molecule has 0 aromatic carbocycles. The lowest BCUT2D eigenvalue weighted by Crippen LogP contribution is -2.46. The summed E-state index contributed by atoms with van der Waals surface area (Å²) in [6.45, 7) is 6.48. The van der Waals surface area contributed by atoms with Gasteiger partial charge in [-0.05, 0) is 11.5 Å².